The van der Waals surface area contributed by atoms with E-state index in [1.165, 1.54) is 31.3 Å². The lowest BCUT2D eigenvalue weighted by molar-refractivity contribution is -0.384. The van der Waals surface area contributed by atoms with Gasteiger partial charge in [0.2, 0.25) is 21.8 Å². The van der Waals surface area contributed by atoms with Crippen molar-refractivity contribution in [3.05, 3.63) is 58.1 Å². The molecule has 0 aromatic heterocycles. The maximum absolute atomic E-state index is 13.8. The van der Waals surface area contributed by atoms with Crippen molar-refractivity contribution in [2.75, 3.05) is 31.3 Å². The van der Waals surface area contributed by atoms with E-state index < -0.39 is 33.4 Å². The molecule has 3 rings (SSSR count). The highest BCUT2D eigenvalue weighted by molar-refractivity contribution is 7.92. The molecule has 1 unspecified atom stereocenters. The zero-order valence-corrected chi connectivity index (χ0v) is 24.0. The molecule has 1 aliphatic carbocycles. The number of benzene rings is 2. The van der Waals surface area contributed by atoms with Crippen molar-refractivity contribution >= 4 is 33.2 Å². The van der Waals surface area contributed by atoms with Gasteiger partial charge in [-0.05, 0) is 43.5 Å². The maximum Gasteiger partial charge on any atom is 0.271 e. The number of hydrogen-bond donors (Lipinski definition) is 1. The van der Waals surface area contributed by atoms with Gasteiger partial charge in [-0.2, -0.15) is 0 Å². The predicted molar refractivity (Wildman–Crippen MR) is 150 cm³/mol. The Morgan fingerprint density at radius 2 is 1.73 bits per heavy atom. The van der Waals surface area contributed by atoms with Crippen LogP contribution >= 0.6 is 0 Å². The molecule has 0 heterocycles. The largest absolute Gasteiger partial charge is 0.497 e. The first kappa shape index (κ1) is 30.7. The minimum absolute atomic E-state index is 0.0169. The van der Waals surface area contributed by atoms with Crippen LogP contribution in [0.5, 0.6) is 11.5 Å². The van der Waals surface area contributed by atoms with Gasteiger partial charge in [0.1, 0.15) is 29.8 Å². The number of nitrogens with zero attached hydrogens (tertiary/aromatic N) is 3. The number of ether oxygens (including phenoxy) is 2. The molecule has 0 aliphatic heterocycles. The first-order chi connectivity index (χ1) is 18.9. The third-order valence-corrected chi connectivity index (χ3v) is 8.08. The van der Waals surface area contributed by atoms with E-state index in [1.54, 1.807) is 31.2 Å². The molecule has 1 saturated carbocycles. The van der Waals surface area contributed by atoms with E-state index >= 15 is 0 Å². The van der Waals surface area contributed by atoms with Gasteiger partial charge in [-0.3, -0.25) is 24.0 Å². The molecular weight excluding hydrogens is 540 g/mol. The van der Waals surface area contributed by atoms with E-state index in [1.807, 2.05) is 0 Å². The average molecular weight is 577 g/mol. The molecule has 2 aromatic rings. The van der Waals surface area contributed by atoms with Crippen molar-refractivity contribution < 1.29 is 32.4 Å². The Bertz CT molecular complexity index is 1310. The molecule has 40 heavy (non-hydrogen) atoms. The van der Waals surface area contributed by atoms with Crippen LogP contribution in [0.25, 0.3) is 0 Å². The Morgan fingerprint density at radius 3 is 2.27 bits per heavy atom. The van der Waals surface area contributed by atoms with Crippen LogP contribution < -0.4 is 19.1 Å². The molecule has 2 aromatic carbocycles. The molecule has 0 saturated heterocycles. The molecule has 218 valence electrons. The number of methoxy groups -OCH3 is 2. The van der Waals surface area contributed by atoms with Crippen LogP contribution in [0.15, 0.2) is 42.5 Å². The second-order valence-corrected chi connectivity index (χ2v) is 11.7. The first-order valence-electron chi connectivity index (χ1n) is 13.0. The molecular formula is C27H36N4O8S. The van der Waals surface area contributed by atoms with Gasteiger partial charge in [0, 0.05) is 24.7 Å². The summed E-state index contributed by atoms with van der Waals surface area (Å²) in [6.07, 6.45) is 5.76. The van der Waals surface area contributed by atoms with Crippen LogP contribution in [0.3, 0.4) is 0 Å². The molecule has 13 heteroatoms. The summed E-state index contributed by atoms with van der Waals surface area (Å²) in [6, 6.07) is 9.53. The predicted octanol–water partition coefficient (Wildman–Crippen LogP) is 3.24. The van der Waals surface area contributed by atoms with Crippen molar-refractivity contribution in [2.24, 2.45) is 0 Å². The van der Waals surface area contributed by atoms with Gasteiger partial charge in [-0.1, -0.05) is 31.4 Å². The summed E-state index contributed by atoms with van der Waals surface area (Å²) in [5.41, 5.74) is 0.175. The minimum atomic E-state index is -4.11. The summed E-state index contributed by atoms with van der Waals surface area (Å²) in [6.45, 7) is 0.914. The number of non-ortho nitro benzene ring substituents is 1. The van der Waals surface area contributed by atoms with E-state index in [-0.39, 0.29) is 35.6 Å². The highest BCUT2D eigenvalue weighted by Crippen LogP contribution is 2.34. The molecule has 1 atom stereocenters. The lowest BCUT2D eigenvalue weighted by Gasteiger charge is -2.33. The van der Waals surface area contributed by atoms with Gasteiger partial charge in [0.15, 0.2) is 0 Å². The average Bonchev–Trinajstić information content (AvgIpc) is 2.94. The second kappa shape index (κ2) is 13.5. The Labute approximate surface area is 234 Å². The van der Waals surface area contributed by atoms with Gasteiger partial charge in [0.05, 0.1) is 25.4 Å². The third kappa shape index (κ3) is 7.84. The molecule has 0 bridgehead atoms. The van der Waals surface area contributed by atoms with Crippen molar-refractivity contribution in [1.82, 2.24) is 10.2 Å². The van der Waals surface area contributed by atoms with Gasteiger partial charge < -0.3 is 19.7 Å². The smallest absolute Gasteiger partial charge is 0.271 e. The Morgan fingerprint density at radius 1 is 1.07 bits per heavy atom. The quantitative estimate of drug-likeness (QED) is 0.299. The van der Waals surface area contributed by atoms with Gasteiger partial charge in [-0.25, -0.2) is 8.42 Å². The SMILES string of the molecule is COc1ccc(CN(C(=O)CN(c2cc([N+](=O)[O-])ccc2OC)S(C)(=O)=O)C(C)C(=O)NC2CCCCC2)cc1. The number of rotatable bonds is 12. The fourth-order valence-corrected chi connectivity index (χ4v) is 5.51. The van der Waals surface area contributed by atoms with Crippen molar-refractivity contribution in [2.45, 2.75) is 57.7 Å². The molecule has 0 radical (unpaired) electrons. The van der Waals surface area contributed by atoms with Crippen LogP contribution in [0.1, 0.15) is 44.6 Å². The fourth-order valence-electron chi connectivity index (χ4n) is 4.66. The molecule has 2 amide bonds. The third-order valence-electron chi connectivity index (χ3n) is 6.95. The van der Waals surface area contributed by atoms with Crippen molar-refractivity contribution in [1.29, 1.82) is 0 Å². The summed E-state index contributed by atoms with van der Waals surface area (Å²) < 4.78 is 37.0. The number of nitro benzene ring substituents is 1. The Balaban J connectivity index is 1.95. The summed E-state index contributed by atoms with van der Waals surface area (Å²) in [5, 5.41) is 14.4. The highest BCUT2D eigenvalue weighted by Gasteiger charge is 2.32. The fraction of sp³-hybridized carbons (Fsp3) is 0.481. The first-order valence-corrected chi connectivity index (χ1v) is 14.8. The molecule has 0 spiro atoms. The summed E-state index contributed by atoms with van der Waals surface area (Å²) >= 11 is 0. The Hall–Kier alpha value is -3.87. The number of nitrogens with one attached hydrogen (secondary N) is 1. The summed E-state index contributed by atoms with van der Waals surface area (Å²) in [4.78, 5) is 39.1. The summed E-state index contributed by atoms with van der Waals surface area (Å²) in [7, 11) is -1.28. The number of carbonyl (C=O) groups is 2. The number of anilines is 1. The van der Waals surface area contributed by atoms with Gasteiger partial charge >= 0.3 is 0 Å². The van der Waals surface area contributed by atoms with E-state index in [4.69, 9.17) is 9.47 Å². The monoisotopic (exact) mass is 576 g/mol. The number of nitro groups is 1. The highest BCUT2D eigenvalue weighted by atomic mass is 32.2. The molecule has 1 N–H and O–H groups in total. The van der Waals surface area contributed by atoms with Crippen LogP contribution in [0.4, 0.5) is 11.4 Å². The normalized spacial score (nSPS) is 14.6. The van der Waals surface area contributed by atoms with E-state index in [0.29, 0.717) is 11.3 Å². The minimum Gasteiger partial charge on any atom is -0.497 e. The van der Waals surface area contributed by atoms with Gasteiger partial charge in [0.25, 0.3) is 5.69 Å². The standard InChI is InChI=1S/C27H36N4O8S/c1-19(27(33)28-21-8-6-5-7-9-21)29(17-20-10-13-23(38-2)14-11-20)26(32)18-30(40(4,36)37)24-16-22(31(34)35)12-15-25(24)39-3/h10-16,19,21H,5-9,17-18H2,1-4H3,(H,28,33). The van der Waals surface area contributed by atoms with E-state index in [2.05, 4.69) is 5.32 Å². The van der Waals surface area contributed by atoms with Crippen LogP contribution in [-0.2, 0) is 26.2 Å². The topological polar surface area (TPSA) is 148 Å². The zero-order valence-electron chi connectivity index (χ0n) is 23.2. The molecule has 1 fully saturated rings. The number of amides is 2. The van der Waals surface area contributed by atoms with Crippen molar-refractivity contribution in [3.63, 3.8) is 0 Å². The van der Waals surface area contributed by atoms with Crippen LogP contribution in [0.2, 0.25) is 0 Å². The van der Waals surface area contributed by atoms with Crippen LogP contribution in [-0.4, -0.2) is 69.2 Å². The number of carbonyl (C=O) groups excluding carboxylic acids is 2. The lowest BCUT2D eigenvalue weighted by Crippen LogP contribution is -2.53. The van der Waals surface area contributed by atoms with Crippen molar-refractivity contribution in [3.8, 4) is 11.5 Å². The molecule has 12 nitrogen and oxygen atoms in total. The maximum atomic E-state index is 13.8. The number of sulfonamides is 1. The zero-order chi connectivity index (χ0) is 29.4. The van der Waals surface area contributed by atoms with Crippen LogP contribution in [0, 0.1) is 10.1 Å². The lowest BCUT2D eigenvalue weighted by atomic mass is 9.95. The van der Waals surface area contributed by atoms with E-state index in [0.717, 1.165) is 48.7 Å². The number of hydrogen-bond acceptors (Lipinski definition) is 8. The Kier molecular flexibility index (Phi) is 10.3. The van der Waals surface area contributed by atoms with E-state index in [9.17, 15) is 28.1 Å². The molecule has 1 aliphatic rings. The summed E-state index contributed by atoms with van der Waals surface area (Å²) in [5.74, 6) is -0.354. The second-order valence-electron chi connectivity index (χ2n) is 9.77. The van der Waals surface area contributed by atoms with Gasteiger partial charge in [-0.15, -0.1) is 0 Å².